The van der Waals surface area contributed by atoms with Crippen molar-refractivity contribution in [2.24, 2.45) is 5.92 Å². The summed E-state index contributed by atoms with van der Waals surface area (Å²) < 4.78 is 1.97. The third kappa shape index (κ3) is 4.32. The van der Waals surface area contributed by atoms with Gasteiger partial charge in [-0.05, 0) is 32.3 Å². The zero-order valence-electron chi connectivity index (χ0n) is 16.5. The normalized spacial score (nSPS) is 14.2. The van der Waals surface area contributed by atoms with Gasteiger partial charge < -0.3 is 5.32 Å². The van der Waals surface area contributed by atoms with E-state index in [0.717, 1.165) is 22.5 Å². The third-order valence-corrected chi connectivity index (χ3v) is 4.94. The fourth-order valence-electron chi connectivity index (χ4n) is 3.12. The number of carbonyl (C=O) groups excluding carboxylic acids is 1. The van der Waals surface area contributed by atoms with Crippen molar-refractivity contribution in [3.63, 3.8) is 0 Å². The van der Waals surface area contributed by atoms with Gasteiger partial charge in [0, 0.05) is 29.9 Å². The van der Waals surface area contributed by atoms with E-state index >= 15 is 0 Å². The summed E-state index contributed by atoms with van der Waals surface area (Å²) in [4.78, 5) is 21.3. The summed E-state index contributed by atoms with van der Waals surface area (Å²) >= 11 is 0. The van der Waals surface area contributed by atoms with Crippen molar-refractivity contribution in [2.75, 3.05) is 5.32 Å². The molecule has 1 aromatic carbocycles. The first-order valence-electron chi connectivity index (χ1n) is 9.71. The Morgan fingerprint density at radius 2 is 2.07 bits per heavy atom. The number of benzene rings is 1. The highest BCUT2D eigenvalue weighted by Gasteiger charge is 2.24. The lowest BCUT2D eigenvalue weighted by molar-refractivity contribution is 0.0973. The largest absolute Gasteiger partial charge is 0.321 e. The fourth-order valence-corrected chi connectivity index (χ4v) is 3.12. The molecule has 29 heavy (non-hydrogen) atoms. The molecule has 1 aliphatic rings. The van der Waals surface area contributed by atoms with Crippen molar-refractivity contribution >= 4 is 17.4 Å². The van der Waals surface area contributed by atoms with Crippen molar-refractivity contribution < 1.29 is 4.79 Å². The van der Waals surface area contributed by atoms with Crippen LogP contribution in [0.1, 0.15) is 48.1 Å². The minimum Gasteiger partial charge on any atom is -0.321 e. The SMILES string of the molecule is Cc1cnc(Nc2cnn(C3CC3)c2)nc1-c1ccc(C(=O)C[C@@H](C)C#N)cc1. The van der Waals surface area contributed by atoms with E-state index < -0.39 is 0 Å². The molecule has 0 amide bonds. The van der Waals surface area contributed by atoms with E-state index in [9.17, 15) is 4.79 Å². The minimum atomic E-state index is -0.288. The molecule has 4 rings (SSSR count). The molecular weight excluding hydrogens is 364 g/mol. The predicted octanol–water partition coefficient (Wildman–Crippen LogP) is 4.46. The van der Waals surface area contributed by atoms with Gasteiger partial charge in [-0.2, -0.15) is 10.4 Å². The topological polar surface area (TPSA) is 96.5 Å². The number of anilines is 2. The Morgan fingerprint density at radius 3 is 2.76 bits per heavy atom. The molecule has 1 fully saturated rings. The molecule has 0 radical (unpaired) electrons. The molecule has 0 aliphatic heterocycles. The van der Waals surface area contributed by atoms with Crippen LogP contribution in [0.4, 0.5) is 11.6 Å². The zero-order valence-corrected chi connectivity index (χ0v) is 16.5. The molecule has 146 valence electrons. The smallest absolute Gasteiger partial charge is 0.227 e. The standard InChI is InChI=1S/C22H22N6O/c1-14(10-23)9-20(29)16-3-5-17(6-4-16)21-15(2)11-24-22(27-21)26-18-12-25-28(13-18)19-7-8-19/h3-6,11-14,19H,7-9H2,1-2H3,(H,24,26,27)/t14-/m1/s1. The Morgan fingerprint density at radius 1 is 1.31 bits per heavy atom. The molecule has 0 bridgehead atoms. The number of aryl methyl sites for hydroxylation is 1. The third-order valence-electron chi connectivity index (χ3n) is 4.94. The second-order valence-corrected chi connectivity index (χ2v) is 7.53. The van der Waals surface area contributed by atoms with Gasteiger partial charge in [0.05, 0.1) is 35.6 Å². The summed E-state index contributed by atoms with van der Waals surface area (Å²) in [6, 6.07) is 9.96. The van der Waals surface area contributed by atoms with Gasteiger partial charge in [-0.15, -0.1) is 0 Å². The molecule has 3 aromatic rings. The van der Waals surface area contributed by atoms with E-state index in [2.05, 4.69) is 26.5 Å². The van der Waals surface area contributed by atoms with Crippen LogP contribution in [0.2, 0.25) is 0 Å². The number of hydrogen-bond acceptors (Lipinski definition) is 6. The molecular formula is C22H22N6O. The Balaban J connectivity index is 1.52. The van der Waals surface area contributed by atoms with E-state index in [1.807, 2.05) is 29.9 Å². The van der Waals surface area contributed by atoms with Gasteiger partial charge in [0.1, 0.15) is 0 Å². The van der Waals surface area contributed by atoms with Crippen LogP contribution in [0.5, 0.6) is 0 Å². The molecule has 0 unspecified atom stereocenters. The van der Waals surface area contributed by atoms with Crippen molar-refractivity contribution in [3.8, 4) is 17.3 Å². The van der Waals surface area contributed by atoms with Gasteiger partial charge in [0.15, 0.2) is 5.78 Å². The average molecular weight is 386 g/mol. The Hall–Kier alpha value is -3.53. The Kier molecular flexibility index (Phi) is 5.09. The number of Topliss-reactive ketones (excluding diaryl/α,β-unsaturated/α-hetero) is 1. The van der Waals surface area contributed by atoms with Crippen LogP contribution in [-0.2, 0) is 0 Å². The molecule has 0 saturated heterocycles. The number of nitrogens with zero attached hydrogens (tertiary/aromatic N) is 5. The van der Waals surface area contributed by atoms with Crippen LogP contribution in [0.25, 0.3) is 11.3 Å². The molecule has 7 nitrogen and oxygen atoms in total. The second kappa shape index (κ2) is 7.84. The first-order valence-corrected chi connectivity index (χ1v) is 9.71. The predicted molar refractivity (Wildman–Crippen MR) is 110 cm³/mol. The van der Waals surface area contributed by atoms with E-state index in [4.69, 9.17) is 5.26 Å². The number of nitrogens with one attached hydrogen (secondary N) is 1. The van der Waals surface area contributed by atoms with Crippen LogP contribution in [0.15, 0.2) is 42.9 Å². The van der Waals surface area contributed by atoms with Gasteiger partial charge in [0.25, 0.3) is 0 Å². The van der Waals surface area contributed by atoms with Gasteiger partial charge in [-0.25, -0.2) is 9.97 Å². The van der Waals surface area contributed by atoms with Crippen molar-refractivity contribution in [3.05, 3.63) is 54.0 Å². The first-order chi connectivity index (χ1) is 14.0. The van der Waals surface area contributed by atoms with Crippen LogP contribution < -0.4 is 5.32 Å². The van der Waals surface area contributed by atoms with E-state index in [-0.39, 0.29) is 18.1 Å². The summed E-state index contributed by atoms with van der Waals surface area (Å²) in [7, 11) is 0. The van der Waals surface area contributed by atoms with Crippen LogP contribution in [0, 0.1) is 24.2 Å². The summed E-state index contributed by atoms with van der Waals surface area (Å²) in [5.41, 5.74) is 4.13. The highest BCUT2D eigenvalue weighted by molar-refractivity contribution is 5.96. The summed E-state index contributed by atoms with van der Waals surface area (Å²) in [5, 5.41) is 16.5. The number of aromatic nitrogens is 4. The van der Waals surface area contributed by atoms with Crippen molar-refractivity contribution in [1.82, 2.24) is 19.7 Å². The first kappa shape index (κ1) is 18.8. The van der Waals surface area contributed by atoms with E-state index in [1.165, 1.54) is 12.8 Å². The highest BCUT2D eigenvalue weighted by atomic mass is 16.1. The lowest BCUT2D eigenvalue weighted by atomic mass is 9.99. The number of ketones is 1. The quantitative estimate of drug-likeness (QED) is 0.602. The molecule has 1 N–H and O–H groups in total. The molecule has 2 aromatic heterocycles. The number of carbonyl (C=O) groups is 1. The van der Waals surface area contributed by atoms with Gasteiger partial charge in [0.2, 0.25) is 5.95 Å². The lowest BCUT2D eigenvalue weighted by Crippen LogP contribution is -2.04. The average Bonchev–Trinajstić information content (AvgIpc) is 3.48. The highest BCUT2D eigenvalue weighted by Crippen LogP contribution is 2.34. The van der Waals surface area contributed by atoms with Crippen molar-refractivity contribution in [1.29, 1.82) is 5.26 Å². The number of nitriles is 1. The Labute approximate surface area is 169 Å². The summed E-state index contributed by atoms with van der Waals surface area (Å²) in [6.07, 6.45) is 8.13. The van der Waals surface area contributed by atoms with Crippen molar-refractivity contribution in [2.45, 2.75) is 39.2 Å². The van der Waals surface area contributed by atoms with Gasteiger partial charge in [-0.1, -0.05) is 24.3 Å². The number of hydrogen-bond donors (Lipinski definition) is 1. The maximum absolute atomic E-state index is 12.2. The number of rotatable bonds is 7. The molecule has 1 saturated carbocycles. The summed E-state index contributed by atoms with van der Waals surface area (Å²) in [5.74, 6) is 0.188. The van der Waals surface area contributed by atoms with Crippen LogP contribution in [0.3, 0.4) is 0 Å². The van der Waals surface area contributed by atoms with Gasteiger partial charge in [-0.3, -0.25) is 9.48 Å². The van der Waals surface area contributed by atoms with Crippen LogP contribution in [-0.4, -0.2) is 25.5 Å². The fraction of sp³-hybridized carbons (Fsp3) is 0.318. The maximum Gasteiger partial charge on any atom is 0.227 e. The minimum absolute atomic E-state index is 0.0277. The van der Waals surface area contributed by atoms with Crippen LogP contribution >= 0.6 is 0 Å². The lowest BCUT2D eigenvalue weighted by Gasteiger charge is -2.09. The zero-order chi connectivity index (χ0) is 20.4. The van der Waals surface area contributed by atoms with E-state index in [0.29, 0.717) is 17.6 Å². The summed E-state index contributed by atoms with van der Waals surface area (Å²) in [6.45, 7) is 3.71. The second-order valence-electron chi connectivity index (χ2n) is 7.53. The molecule has 0 spiro atoms. The molecule has 7 heteroatoms. The molecule has 2 heterocycles. The molecule has 1 atom stereocenters. The van der Waals surface area contributed by atoms with E-state index in [1.54, 1.807) is 31.5 Å². The van der Waals surface area contributed by atoms with Gasteiger partial charge >= 0.3 is 0 Å². The monoisotopic (exact) mass is 386 g/mol. The molecule has 1 aliphatic carbocycles. The maximum atomic E-state index is 12.2. The Bertz CT molecular complexity index is 1080.